The maximum atomic E-state index is 12.5. The molecule has 0 aromatic heterocycles. The maximum Gasteiger partial charge on any atom is 0.347 e. The highest BCUT2D eigenvalue weighted by Gasteiger charge is 2.33. The summed E-state index contributed by atoms with van der Waals surface area (Å²) in [5, 5.41) is 5.72. The molecule has 1 aliphatic heterocycles. The van der Waals surface area contributed by atoms with E-state index in [0.717, 1.165) is 29.7 Å². The van der Waals surface area contributed by atoms with Crippen molar-refractivity contribution in [2.45, 2.75) is 26.7 Å². The molecule has 2 aromatic rings. The molecule has 7 heteroatoms. The molecule has 2 N–H and O–H groups in total. The molecule has 7 nitrogen and oxygen atoms in total. The number of Topliss-reactive ketones (excluding diaryl/α,β-unsaturated/α-hetero) is 1. The van der Waals surface area contributed by atoms with E-state index >= 15 is 0 Å². The highest BCUT2D eigenvalue weighted by molar-refractivity contribution is 6.20. The van der Waals surface area contributed by atoms with Gasteiger partial charge in [-0.1, -0.05) is 50.2 Å². The second-order valence-electron chi connectivity index (χ2n) is 6.69. The summed E-state index contributed by atoms with van der Waals surface area (Å²) in [4.78, 5) is 36.9. The van der Waals surface area contributed by atoms with E-state index in [-0.39, 0.29) is 18.1 Å². The third-order valence-corrected chi connectivity index (χ3v) is 4.69. The van der Waals surface area contributed by atoms with Crippen molar-refractivity contribution in [1.29, 1.82) is 0 Å². The molecule has 0 saturated heterocycles. The Labute approximate surface area is 175 Å². The van der Waals surface area contributed by atoms with Crippen molar-refractivity contribution in [2.75, 3.05) is 23.8 Å². The van der Waals surface area contributed by atoms with E-state index in [1.165, 1.54) is 0 Å². The number of aryl methyl sites for hydroxylation is 2. The fourth-order valence-corrected chi connectivity index (χ4v) is 3.15. The molecule has 0 fully saturated rings. The van der Waals surface area contributed by atoms with Crippen LogP contribution in [-0.4, -0.2) is 30.9 Å². The second-order valence-corrected chi connectivity index (χ2v) is 6.69. The number of carbonyl (C=O) groups excluding carboxylic acids is 3. The molecule has 3 rings (SSSR count). The van der Waals surface area contributed by atoms with Crippen molar-refractivity contribution in [2.24, 2.45) is 0 Å². The largest absolute Gasteiger partial charge is 0.470 e. The van der Waals surface area contributed by atoms with Crippen LogP contribution in [0.25, 0.3) is 0 Å². The minimum absolute atomic E-state index is 0.0289. The van der Waals surface area contributed by atoms with Crippen molar-refractivity contribution in [3.05, 3.63) is 71.1 Å². The van der Waals surface area contributed by atoms with Crippen LogP contribution in [0.3, 0.4) is 0 Å². The summed E-state index contributed by atoms with van der Waals surface area (Å²) in [7, 11) is 0. The van der Waals surface area contributed by atoms with Crippen molar-refractivity contribution >= 4 is 29.0 Å². The summed E-state index contributed by atoms with van der Waals surface area (Å²) in [5.41, 5.74) is 3.19. The van der Waals surface area contributed by atoms with Gasteiger partial charge >= 0.3 is 5.97 Å². The minimum atomic E-state index is -0.898. The summed E-state index contributed by atoms with van der Waals surface area (Å²) >= 11 is 0. The van der Waals surface area contributed by atoms with Crippen molar-refractivity contribution < 1.29 is 23.9 Å². The van der Waals surface area contributed by atoms with Crippen molar-refractivity contribution in [1.82, 2.24) is 0 Å². The van der Waals surface area contributed by atoms with Gasteiger partial charge in [0.15, 0.2) is 18.8 Å². The lowest BCUT2D eigenvalue weighted by atomic mass is 10.0. The average Bonchev–Trinajstić information content (AvgIpc) is 3.12. The molecule has 1 amide bonds. The van der Waals surface area contributed by atoms with Gasteiger partial charge in [-0.15, -0.1) is 0 Å². The highest BCUT2D eigenvalue weighted by Crippen LogP contribution is 2.23. The first-order valence-electron chi connectivity index (χ1n) is 9.83. The van der Waals surface area contributed by atoms with E-state index in [1.807, 2.05) is 38.1 Å². The first-order valence-corrected chi connectivity index (χ1v) is 9.83. The van der Waals surface area contributed by atoms with Crippen molar-refractivity contribution in [3.63, 3.8) is 0 Å². The number of ketones is 1. The van der Waals surface area contributed by atoms with Gasteiger partial charge < -0.3 is 20.1 Å². The van der Waals surface area contributed by atoms with Crippen LogP contribution in [0.1, 0.15) is 25.0 Å². The van der Waals surface area contributed by atoms with Crippen LogP contribution >= 0.6 is 0 Å². The summed E-state index contributed by atoms with van der Waals surface area (Å²) in [6.07, 6.45) is 1.52. The van der Waals surface area contributed by atoms with Crippen LogP contribution in [-0.2, 0) is 36.7 Å². The lowest BCUT2D eigenvalue weighted by Crippen LogP contribution is -2.24. The molecule has 156 valence electrons. The van der Waals surface area contributed by atoms with E-state index in [4.69, 9.17) is 9.47 Å². The Hall–Kier alpha value is -3.61. The predicted molar refractivity (Wildman–Crippen MR) is 113 cm³/mol. The number of hydrogen-bond donors (Lipinski definition) is 2. The number of esters is 1. The Morgan fingerprint density at radius 2 is 1.67 bits per heavy atom. The SMILES string of the molecule is CCc1cccc(CC)c1NC(=O)COC(=O)C1=C(Nc2ccccc2)OCC1=O. The van der Waals surface area contributed by atoms with E-state index in [9.17, 15) is 14.4 Å². The molecule has 2 aromatic carbocycles. The molecule has 0 bridgehead atoms. The van der Waals surface area contributed by atoms with Crippen LogP contribution in [0.5, 0.6) is 0 Å². The lowest BCUT2D eigenvalue weighted by Gasteiger charge is -2.14. The fourth-order valence-electron chi connectivity index (χ4n) is 3.15. The van der Waals surface area contributed by atoms with Crippen LogP contribution < -0.4 is 10.6 Å². The fraction of sp³-hybridized carbons (Fsp3) is 0.261. The van der Waals surface area contributed by atoms with Crippen molar-refractivity contribution in [3.8, 4) is 0 Å². The van der Waals surface area contributed by atoms with E-state index in [1.54, 1.807) is 24.3 Å². The molecule has 0 radical (unpaired) electrons. The molecule has 0 spiro atoms. The monoisotopic (exact) mass is 408 g/mol. The van der Waals surface area contributed by atoms with Gasteiger partial charge in [-0.25, -0.2) is 4.79 Å². The smallest absolute Gasteiger partial charge is 0.347 e. The molecular weight excluding hydrogens is 384 g/mol. The van der Waals surface area contributed by atoms with Gasteiger partial charge in [-0.05, 0) is 36.1 Å². The molecule has 0 aliphatic carbocycles. The molecule has 0 unspecified atom stereocenters. The summed E-state index contributed by atoms with van der Waals surface area (Å²) in [6, 6.07) is 14.8. The number of amides is 1. The van der Waals surface area contributed by atoms with Gasteiger partial charge in [0, 0.05) is 11.4 Å². The zero-order valence-electron chi connectivity index (χ0n) is 17.0. The number of rotatable bonds is 8. The van der Waals surface area contributed by atoms with Gasteiger partial charge in [0.1, 0.15) is 0 Å². The second kappa shape index (κ2) is 9.73. The molecule has 0 atom stereocenters. The Balaban J connectivity index is 1.66. The summed E-state index contributed by atoms with van der Waals surface area (Å²) in [6.45, 7) is 3.25. The van der Waals surface area contributed by atoms with Gasteiger partial charge in [0.2, 0.25) is 11.7 Å². The van der Waals surface area contributed by atoms with E-state index in [0.29, 0.717) is 5.69 Å². The molecular formula is C23H24N2O5. The predicted octanol–water partition coefficient (Wildman–Crippen LogP) is 3.22. The van der Waals surface area contributed by atoms with Gasteiger partial charge in [-0.3, -0.25) is 9.59 Å². The van der Waals surface area contributed by atoms with Gasteiger partial charge in [-0.2, -0.15) is 0 Å². The summed E-state index contributed by atoms with van der Waals surface area (Å²) < 4.78 is 10.4. The molecule has 1 heterocycles. The minimum Gasteiger partial charge on any atom is -0.470 e. The zero-order valence-corrected chi connectivity index (χ0v) is 17.0. The zero-order chi connectivity index (χ0) is 21.5. The van der Waals surface area contributed by atoms with Crippen LogP contribution in [0.2, 0.25) is 0 Å². The lowest BCUT2D eigenvalue weighted by molar-refractivity contribution is -0.144. The Kier molecular flexibility index (Phi) is 6.85. The van der Waals surface area contributed by atoms with E-state index in [2.05, 4.69) is 10.6 Å². The normalized spacial score (nSPS) is 13.1. The Bertz CT molecular complexity index is 960. The van der Waals surface area contributed by atoms with Gasteiger partial charge in [0.05, 0.1) is 0 Å². The number of hydrogen-bond acceptors (Lipinski definition) is 6. The molecule has 0 saturated carbocycles. The van der Waals surface area contributed by atoms with Gasteiger partial charge in [0.25, 0.3) is 5.91 Å². The van der Waals surface area contributed by atoms with Crippen LogP contribution in [0, 0.1) is 0 Å². The average molecular weight is 408 g/mol. The number of nitrogens with one attached hydrogen (secondary N) is 2. The third-order valence-electron chi connectivity index (χ3n) is 4.69. The number of carbonyl (C=O) groups is 3. The number of benzene rings is 2. The first-order chi connectivity index (χ1) is 14.5. The first kappa shape index (κ1) is 21.1. The Morgan fingerprint density at radius 3 is 2.30 bits per heavy atom. The topological polar surface area (TPSA) is 93.7 Å². The molecule has 1 aliphatic rings. The number of ether oxygens (including phenoxy) is 2. The molecule has 30 heavy (non-hydrogen) atoms. The standard InChI is InChI=1S/C23H24N2O5/c1-3-15-9-8-10-16(4-2)21(15)25-19(27)14-30-23(28)20-18(26)13-29-22(20)24-17-11-6-5-7-12-17/h5-12,24H,3-4,13-14H2,1-2H3,(H,25,27). The maximum absolute atomic E-state index is 12.5. The van der Waals surface area contributed by atoms with Crippen LogP contribution in [0.4, 0.5) is 11.4 Å². The van der Waals surface area contributed by atoms with Crippen LogP contribution in [0.15, 0.2) is 60.0 Å². The Morgan fingerprint density at radius 1 is 1.00 bits per heavy atom. The quantitative estimate of drug-likeness (QED) is 0.515. The van der Waals surface area contributed by atoms with E-state index < -0.39 is 24.3 Å². The summed E-state index contributed by atoms with van der Waals surface area (Å²) in [5.74, 6) is -1.83. The highest BCUT2D eigenvalue weighted by atomic mass is 16.5. The third kappa shape index (κ3) is 4.86. The number of anilines is 2. The number of para-hydroxylation sites is 2.